The standard InChI is InChI=1S/C20H30N2O5/c1-3-11-20(13-23,14-24)22-19(27)10-9-18(26)21-17(15(2)25)12-16-7-5-4-6-8-16/h4-8,17,23-24H,3,9-14H2,1-2H3,(H,21,26)(H,22,27)/t17-/m0/s1. The largest absolute Gasteiger partial charge is 0.394 e. The predicted octanol–water partition coefficient (Wildman–Crippen LogP) is 0.723. The summed E-state index contributed by atoms with van der Waals surface area (Å²) >= 11 is 0. The summed E-state index contributed by atoms with van der Waals surface area (Å²) in [5.41, 5.74) is -0.136. The summed E-state index contributed by atoms with van der Waals surface area (Å²) < 4.78 is 0. The van der Waals surface area contributed by atoms with Crippen LogP contribution in [0.2, 0.25) is 0 Å². The van der Waals surface area contributed by atoms with Crippen LogP contribution in [-0.4, -0.2) is 52.6 Å². The average Bonchev–Trinajstić information content (AvgIpc) is 2.66. The third-order valence-electron chi connectivity index (χ3n) is 4.43. The Balaban J connectivity index is 2.54. The molecular formula is C20H30N2O5. The van der Waals surface area contributed by atoms with Crippen molar-refractivity contribution in [2.45, 2.75) is 57.5 Å². The van der Waals surface area contributed by atoms with Crippen molar-refractivity contribution in [2.24, 2.45) is 0 Å². The van der Waals surface area contributed by atoms with Crippen molar-refractivity contribution in [3.63, 3.8) is 0 Å². The number of Topliss-reactive ketones (excluding diaryl/α,β-unsaturated/α-hetero) is 1. The maximum atomic E-state index is 12.1. The lowest BCUT2D eigenvalue weighted by molar-refractivity contribution is -0.130. The summed E-state index contributed by atoms with van der Waals surface area (Å²) in [5, 5.41) is 24.2. The summed E-state index contributed by atoms with van der Waals surface area (Å²) in [5.74, 6) is -0.973. The van der Waals surface area contributed by atoms with Gasteiger partial charge >= 0.3 is 0 Å². The first-order chi connectivity index (χ1) is 12.9. The molecule has 27 heavy (non-hydrogen) atoms. The number of amides is 2. The van der Waals surface area contributed by atoms with E-state index >= 15 is 0 Å². The Morgan fingerprint density at radius 1 is 1.04 bits per heavy atom. The van der Waals surface area contributed by atoms with E-state index in [1.54, 1.807) is 0 Å². The van der Waals surface area contributed by atoms with Gasteiger partial charge < -0.3 is 20.8 Å². The van der Waals surface area contributed by atoms with Crippen molar-refractivity contribution in [1.29, 1.82) is 0 Å². The Labute approximate surface area is 160 Å². The van der Waals surface area contributed by atoms with Gasteiger partial charge in [-0.15, -0.1) is 0 Å². The van der Waals surface area contributed by atoms with Crippen molar-refractivity contribution in [1.82, 2.24) is 10.6 Å². The zero-order valence-corrected chi connectivity index (χ0v) is 16.0. The van der Waals surface area contributed by atoms with Crippen LogP contribution in [0.15, 0.2) is 30.3 Å². The maximum absolute atomic E-state index is 12.1. The molecule has 0 spiro atoms. The molecule has 0 aliphatic rings. The Kier molecular flexibility index (Phi) is 9.67. The third kappa shape index (κ3) is 7.88. The number of nitrogens with one attached hydrogen (secondary N) is 2. The van der Waals surface area contributed by atoms with E-state index in [1.807, 2.05) is 37.3 Å². The van der Waals surface area contributed by atoms with Gasteiger partial charge in [0, 0.05) is 12.8 Å². The van der Waals surface area contributed by atoms with E-state index in [1.165, 1.54) is 6.92 Å². The minimum Gasteiger partial charge on any atom is -0.394 e. The first-order valence-electron chi connectivity index (χ1n) is 9.22. The lowest BCUT2D eigenvalue weighted by Crippen LogP contribution is -2.54. The van der Waals surface area contributed by atoms with E-state index in [0.717, 1.165) is 5.56 Å². The molecule has 1 atom stereocenters. The van der Waals surface area contributed by atoms with Gasteiger partial charge in [0.15, 0.2) is 5.78 Å². The van der Waals surface area contributed by atoms with Crippen molar-refractivity contribution in [3.8, 4) is 0 Å². The monoisotopic (exact) mass is 378 g/mol. The molecule has 1 aromatic carbocycles. The highest BCUT2D eigenvalue weighted by Gasteiger charge is 2.29. The summed E-state index contributed by atoms with van der Waals surface area (Å²) in [7, 11) is 0. The van der Waals surface area contributed by atoms with Crippen LogP contribution in [0.3, 0.4) is 0 Å². The van der Waals surface area contributed by atoms with Crippen LogP contribution in [0.5, 0.6) is 0 Å². The van der Waals surface area contributed by atoms with E-state index in [2.05, 4.69) is 10.6 Å². The molecule has 0 fully saturated rings. The highest BCUT2D eigenvalue weighted by molar-refractivity contribution is 5.89. The van der Waals surface area contributed by atoms with Crippen molar-refractivity contribution in [3.05, 3.63) is 35.9 Å². The fraction of sp³-hybridized carbons (Fsp3) is 0.550. The molecule has 0 saturated carbocycles. The number of hydrogen-bond acceptors (Lipinski definition) is 5. The van der Waals surface area contributed by atoms with Gasteiger partial charge in [0.2, 0.25) is 11.8 Å². The zero-order chi connectivity index (χ0) is 20.3. The fourth-order valence-electron chi connectivity index (χ4n) is 2.83. The third-order valence-corrected chi connectivity index (χ3v) is 4.43. The second-order valence-electron chi connectivity index (χ2n) is 6.82. The molecule has 0 saturated heterocycles. The minimum absolute atomic E-state index is 0.0799. The number of rotatable bonds is 12. The van der Waals surface area contributed by atoms with Crippen molar-refractivity contribution >= 4 is 17.6 Å². The average molecular weight is 378 g/mol. The topological polar surface area (TPSA) is 116 Å². The number of carbonyl (C=O) groups excluding carboxylic acids is 3. The smallest absolute Gasteiger partial charge is 0.221 e. The quantitative estimate of drug-likeness (QED) is 0.428. The number of carbonyl (C=O) groups is 3. The Hall–Kier alpha value is -2.25. The number of ketones is 1. The van der Waals surface area contributed by atoms with Gasteiger partial charge in [0.25, 0.3) is 0 Å². The first kappa shape index (κ1) is 22.8. The molecule has 0 aliphatic carbocycles. The van der Waals surface area contributed by atoms with Crippen molar-refractivity contribution in [2.75, 3.05) is 13.2 Å². The van der Waals surface area contributed by atoms with E-state index in [4.69, 9.17) is 0 Å². The molecule has 0 bridgehead atoms. The molecule has 1 aromatic rings. The molecule has 7 nitrogen and oxygen atoms in total. The number of aliphatic hydroxyl groups excluding tert-OH is 2. The van der Waals surface area contributed by atoms with E-state index < -0.39 is 23.4 Å². The number of aliphatic hydroxyl groups is 2. The van der Waals surface area contributed by atoms with Crippen LogP contribution < -0.4 is 10.6 Å². The fourth-order valence-corrected chi connectivity index (χ4v) is 2.83. The Bertz CT molecular complexity index is 614. The lowest BCUT2D eigenvalue weighted by Gasteiger charge is -2.30. The molecular weight excluding hydrogens is 348 g/mol. The van der Waals surface area contributed by atoms with Crippen LogP contribution in [0.1, 0.15) is 45.1 Å². The highest BCUT2D eigenvalue weighted by Crippen LogP contribution is 2.12. The SMILES string of the molecule is CCCC(CO)(CO)NC(=O)CCC(=O)N[C@@H](Cc1ccccc1)C(C)=O. The van der Waals surface area contributed by atoms with E-state index in [0.29, 0.717) is 19.3 Å². The zero-order valence-electron chi connectivity index (χ0n) is 16.0. The van der Waals surface area contributed by atoms with Crippen LogP contribution in [-0.2, 0) is 20.8 Å². The molecule has 150 valence electrons. The summed E-state index contributed by atoms with van der Waals surface area (Å²) in [6, 6.07) is 8.73. The Morgan fingerprint density at radius 3 is 2.15 bits per heavy atom. The molecule has 0 heterocycles. The van der Waals surface area contributed by atoms with Crippen LogP contribution in [0, 0.1) is 0 Å². The molecule has 2 amide bonds. The molecule has 0 radical (unpaired) electrons. The molecule has 1 rings (SSSR count). The second kappa shape index (κ2) is 11.5. The molecule has 0 unspecified atom stereocenters. The highest BCUT2D eigenvalue weighted by atomic mass is 16.3. The van der Waals surface area contributed by atoms with Gasteiger partial charge in [-0.05, 0) is 25.3 Å². The minimum atomic E-state index is -1.07. The van der Waals surface area contributed by atoms with Crippen LogP contribution >= 0.6 is 0 Å². The Morgan fingerprint density at radius 2 is 1.63 bits per heavy atom. The van der Waals surface area contributed by atoms with Crippen LogP contribution in [0.4, 0.5) is 0 Å². The van der Waals surface area contributed by atoms with Gasteiger partial charge in [0.1, 0.15) is 0 Å². The summed E-state index contributed by atoms with van der Waals surface area (Å²) in [4.78, 5) is 36.0. The normalized spacial score (nSPS) is 12.3. The molecule has 0 aromatic heterocycles. The van der Waals surface area contributed by atoms with Gasteiger partial charge in [-0.25, -0.2) is 0 Å². The maximum Gasteiger partial charge on any atom is 0.221 e. The van der Waals surface area contributed by atoms with E-state index in [9.17, 15) is 24.6 Å². The molecule has 0 aliphatic heterocycles. The first-order valence-corrected chi connectivity index (χ1v) is 9.22. The van der Waals surface area contributed by atoms with Crippen LogP contribution in [0.25, 0.3) is 0 Å². The number of benzene rings is 1. The van der Waals surface area contributed by atoms with E-state index in [-0.39, 0.29) is 31.8 Å². The molecule has 7 heteroatoms. The van der Waals surface area contributed by atoms with Gasteiger partial charge in [0.05, 0.1) is 24.8 Å². The molecule has 4 N–H and O–H groups in total. The second-order valence-corrected chi connectivity index (χ2v) is 6.82. The van der Waals surface area contributed by atoms with Crippen molar-refractivity contribution < 1.29 is 24.6 Å². The van der Waals surface area contributed by atoms with Gasteiger partial charge in [-0.1, -0.05) is 43.7 Å². The lowest BCUT2D eigenvalue weighted by atomic mass is 9.95. The van der Waals surface area contributed by atoms with Gasteiger partial charge in [-0.2, -0.15) is 0 Å². The predicted molar refractivity (Wildman–Crippen MR) is 102 cm³/mol. The summed E-state index contributed by atoms with van der Waals surface area (Å²) in [6.45, 7) is 2.55. The summed E-state index contributed by atoms with van der Waals surface area (Å²) in [6.07, 6.45) is 1.34. The van der Waals surface area contributed by atoms with Gasteiger partial charge in [-0.3, -0.25) is 14.4 Å². The number of hydrogen-bond donors (Lipinski definition) is 4.